The highest BCUT2D eigenvalue weighted by Gasteiger charge is 2.67. The van der Waals surface area contributed by atoms with Gasteiger partial charge < -0.3 is 4.74 Å². The molecule has 0 spiro atoms. The summed E-state index contributed by atoms with van der Waals surface area (Å²) in [5.74, 6) is 0.412. The molecule has 2 aromatic carbocycles. The molecule has 34 heavy (non-hydrogen) atoms. The predicted molar refractivity (Wildman–Crippen MR) is 140 cm³/mol. The zero-order valence-electron chi connectivity index (χ0n) is 22.1. The monoisotopic (exact) mass is 461 g/mol. The lowest BCUT2D eigenvalue weighted by Gasteiger charge is -2.42. The number of carbonyl (C=O) groups is 1. The Balaban J connectivity index is 1.68. The van der Waals surface area contributed by atoms with Crippen molar-refractivity contribution in [2.24, 2.45) is 22.7 Å². The molecule has 4 unspecified atom stereocenters. The highest BCUT2D eigenvalue weighted by atomic mass is 16.5. The molecule has 0 aromatic heterocycles. The molecule has 2 aromatic rings. The molecule has 0 amide bonds. The predicted octanol–water partition coefficient (Wildman–Crippen LogP) is 6.92. The topological polar surface area (TPSA) is 29.5 Å². The van der Waals surface area contributed by atoms with Crippen molar-refractivity contribution in [3.63, 3.8) is 0 Å². The number of fused-ring (bicyclic) bond motifs is 2. The fourth-order valence-corrected chi connectivity index (χ4v) is 7.15. The Morgan fingerprint density at radius 1 is 0.912 bits per heavy atom. The van der Waals surface area contributed by atoms with Crippen LogP contribution in [-0.4, -0.2) is 35.6 Å². The first-order valence-electron chi connectivity index (χ1n) is 13.1. The number of hydrogen-bond donors (Lipinski definition) is 0. The minimum atomic E-state index is -0.403. The van der Waals surface area contributed by atoms with Gasteiger partial charge in [-0.3, -0.25) is 9.69 Å². The van der Waals surface area contributed by atoms with E-state index in [1.807, 2.05) is 60.7 Å². The maximum Gasteiger partial charge on any atom is 0.318 e. The van der Waals surface area contributed by atoms with Gasteiger partial charge in [-0.2, -0.15) is 0 Å². The first-order chi connectivity index (χ1) is 16.1. The van der Waals surface area contributed by atoms with Crippen molar-refractivity contribution < 1.29 is 9.53 Å². The maximum atomic E-state index is 14.0. The summed E-state index contributed by atoms with van der Waals surface area (Å²) >= 11 is 0. The summed E-state index contributed by atoms with van der Waals surface area (Å²) in [7, 11) is 0. The highest BCUT2D eigenvalue weighted by Crippen LogP contribution is 2.68. The number of esters is 1. The lowest BCUT2D eigenvalue weighted by molar-refractivity contribution is -0.162. The summed E-state index contributed by atoms with van der Waals surface area (Å²) in [6, 6.07) is 21.1. The van der Waals surface area contributed by atoms with Gasteiger partial charge in [-0.25, -0.2) is 0 Å². The lowest BCUT2D eigenvalue weighted by atomic mass is 9.70. The number of hydrogen-bond acceptors (Lipinski definition) is 3. The second-order valence-corrected chi connectivity index (χ2v) is 11.9. The summed E-state index contributed by atoms with van der Waals surface area (Å²) in [5.41, 5.74) is 2.13. The first-order valence-corrected chi connectivity index (χ1v) is 13.1. The molecule has 0 radical (unpaired) electrons. The molecule has 184 valence electrons. The smallest absolute Gasteiger partial charge is 0.318 e. The van der Waals surface area contributed by atoms with Gasteiger partial charge in [0.2, 0.25) is 0 Å². The van der Waals surface area contributed by atoms with Crippen LogP contribution in [-0.2, 0) is 9.53 Å². The second-order valence-electron chi connectivity index (χ2n) is 11.9. The van der Waals surface area contributed by atoms with Crippen LogP contribution < -0.4 is 0 Å². The summed E-state index contributed by atoms with van der Waals surface area (Å²) in [4.78, 5) is 16.6. The van der Waals surface area contributed by atoms with E-state index in [0.717, 1.165) is 24.1 Å². The van der Waals surface area contributed by atoms with E-state index in [-0.39, 0.29) is 22.9 Å². The normalized spacial score (nSPS) is 27.8. The van der Waals surface area contributed by atoms with Crippen LogP contribution in [0, 0.1) is 22.7 Å². The SMILES string of the molecule is CC(C)N(CC1C2CCC(C)(C1OC(=O)C(c1ccccc1)c1ccccc1)C2(C)C)C(C)C. The van der Waals surface area contributed by atoms with E-state index in [0.29, 0.717) is 23.9 Å². The van der Waals surface area contributed by atoms with E-state index in [4.69, 9.17) is 4.74 Å². The standard InChI is InChI=1S/C31H43NO2/c1-21(2)32(22(3)4)20-25-26-18-19-31(7,30(26,5)6)28(25)34-29(33)27(23-14-10-8-11-15-23)24-16-12-9-13-17-24/h8-17,21-22,25-28H,18-20H2,1-7H3. The Kier molecular flexibility index (Phi) is 6.97. The number of nitrogens with zero attached hydrogens (tertiary/aromatic N) is 1. The molecule has 2 aliphatic carbocycles. The van der Waals surface area contributed by atoms with Gasteiger partial charge in [-0.1, -0.05) is 81.4 Å². The van der Waals surface area contributed by atoms with Gasteiger partial charge in [-0.05, 0) is 63.0 Å². The van der Waals surface area contributed by atoms with Gasteiger partial charge in [0.05, 0.1) is 0 Å². The summed E-state index contributed by atoms with van der Waals surface area (Å²) < 4.78 is 6.66. The zero-order valence-corrected chi connectivity index (χ0v) is 22.1. The molecule has 0 saturated heterocycles. The van der Waals surface area contributed by atoms with Crippen molar-refractivity contribution in [2.45, 2.75) is 85.4 Å². The van der Waals surface area contributed by atoms with Gasteiger partial charge in [0.1, 0.15) is 12.0 Å². The van der Waals surface area contributed by atoms with E-state index in [2.05, 4.69) is 53.4 Å². The van der Waals surface area contributed by atoms with Crippen molar-refractivity contribution in [2.75, 3.05) is 6.54 Å². The van der Waals surface area contributed by atoms with Crippen LogP contribution in [0.3, 0.4) is 0 Å². The minimum absolute atomic E-state index is 0.00442. The molecule has 2 bridgehead atoms. The number of carbonyl (C=O) groups excluding carboxylic acids is 1. The third kappa shape index (κ3) is 4.21. The molecule has 4 rings (SSSR count). The van der Waals surface area contributed by atoms with E-state index >= 15 is 0 Å². The van der Waals surface area contributed by atoms with Crippen molar-refractivity contribution in [1.29, 1.82) is 0 Å². The maximum absolute atomic E-state index is 14.0. The molecular formula is C31H43NO2. The van der Waals surface area contributed by atoms with Gasteiger partial charge >= 0.3 is 5.97 Å². The molecular weight excluding hydrogens is 418 g/mol. The van der Waals surface area contributed by atoms with Crippen molar-refractivity contribution in [3.8, 4) is 0 Å². The zero-order chi connectivity index (χ0) is 24.7. The number of rotatable bonds is 8. The Labute approximate surface area is 206 Å². The summed E-state index contributed by atoms with van der Waals surface area (Å²) in [6.45, 7) is 17.3. The van der Waals surface area contributed by atoms with Crippen molar-refractivity contribution >= 4 is 5.97 Å². The molecule has 0 heterocycles. The Hall–Kier alpha value is -2.13. The van der Waals surface area contributed by atoms with Crippen LogP contribution in [0.25, 0.3) is 0 Å². The Morgan fingerprint density at radius 2 is 1.41 bits per heavy atom. The average molecular weight is 462 g/mol. The lowest BCUT2D eigenvalue weighted by Crippen LogP contribution is -2.48. The summed E-state index contributed by atoms with van der Waals surface area (Å²) in [6.07, 6.45) is 2.29. The Morgan fingerprint density at radius 3 is 1.88 bits per heavy atom. The van der Waals surface area contributed by atoms with Crippen LogP contribution in [0.5, 0.6) is 0 Å². The third-order valence-corrected chi connectivity index (χ3v) is 9.40. The highest BCUT2D eigenvalue weighted by molar-refractivity contribution is 5.82. The largest absolute Gasteiger partial charge is 0.461 e. The van der Waals surface area contributed by atoms with E-state index < -0.39 is 5.92 Å². The minimum Gasteiger partial charge on any atom is -0.461 e. The molecule has 3 heteroatoms. The fraction of sp³-hybridized carbons (Fsp3) is 0.581. The van der Waals surface area contributed by atoms with Gasteiger partial charge in [0, 0.05) is 30.0 Å². The molecule has 2 fully saturated rings. The van der Waals surface area contributed by atoms with E-state index in [1.165, 1.54) is 6.42 Å². The van der Waals surface area contributed by atoms with Gasteiger partial charge in [0.15, 0.2) is 0 Å². The van der Waals surface area contributed by atoms with Crippen LogP contribution in [0.2, 0.25) is 0 Å². The quantitative estimate of drug-likeness (QED) is 0.400. The fourth-order valence-electron chi connectivity index (χ4n) is 7.15. The van der Waals surface area contributed by atoms with Crippen LogP contribution in [0.15, 0.2) is 60.7 Å². The van der Waals surface area contributed by atoms with E-state index in [1.54, 1.807) is 0 Å². The van der Waals surface area contributed by atoms with Crippen LogP contribution in [0.1, 0.15) is 78.4 Å². The summed E-state index contributed by atoms with van der Waals surface area (Å²) in [5, 5.41) is 0. The van der Waals surface area contributed by atoms with Gasteiger partial charge in [-0.15, -0.1) is 0 Å². The van der Waals surface area contributed by atoms with E-state index in [9.17, 15) is 4.79 Å². The molecule has 2 saturated carbocycles. The number of ether oxygens (including phenoxy) is 1. The molecule has 0 N–H and O–H groups in total. The average Bonchev–Trinajstić information content (AvgIpc) is 3.11. The van der Waals surface area contributed by atoms with Crippen LogP contribution in [0.4, 0.5) is 0 Å². The van der Waals surface area contributed by atoms with Crippen molar-refractivity contribution in [3.05, 3.63) is 71.8 Å². The van der Waals surface area contributed by atoms with Gasteiger partial charge in [0.25, 0.3) is 0 Å². The first kappa shape index (κ1) is 25.0. The van der Waals surface area contributed by atoms with Crippen molar-refractivity contribution in [1.82, 2.24) is 4.90 Å². The Bertz CT molecular complexity index is 920. The number of benzene rings is 2. The molecule has 3 nitrogen and oxygen atoms in total. The molecule has 0 aliphatic heterocycles. The second kappa shape index (κ2) is 9.49. The van der Waals surface area contributed by atoms with Crippen LogP contribution >= 0.6 is 0 Å². The molecule has 4 atom stereocenters. The third-order valence-electron chi connectivity index (χ3n) is 9.40. The molecule has 2 aliphatic rings.